The highest BCUT2D eigenvalue weighted by atomic mass is 35.5. The van der Waals surface area contributed by atoms with Crippen molar-refractivity contribution < 1.29 is 9.21 Å². The molecule has 0 atom stereocenters. The average Bonchev–Trinajstić information content (AvgIpc) is 3.01. The molecular weight excluding hydrogens is 226 g/mol. The Hall–Kier alpha value is -0.960. The molecule has 1 saturated carbocycles. The molecule has 0 N–H and O–H groups in total. The standard InChI is InChI=1S/C12H16ClNO2/c1-2-3-7-14(9-4-5-9)12(15)10-6-8-16-11(10)13/h6,8-9H,2-5,7H2,1H3. The lowest BCUT2D eigenvalue weighted by Gasteiger charge is -2.21. The normalized spacial score (nSPS) is 15.1. The molecule has 88 valence electrons. The third kappa shape index (κ3) is 2.40. The Bertz CT molecular complexity index is 371. The average molecular weight is 242 g/mol. The second-order valence-electron chi connectivity index (χ2n) is 4.19. The van der Waals surface area contributed by atoms with E-state index in [0.717, 1.165) is 32.2 Å². The topological polar surface area (TPSA) is 33.5 Å². The van der Waals surface area contributed by atoms with Crippen LogP contribution in [-0.2, 0) is 0 Å². The maximum absolute atomic E-state index is 12.2. The number of nitrogens with zero attached hydrogens (tertiary/aromatic N) is 1. The Kier molecular flexibility index (Phi) is 3.54. The molecule has 16 heavy (non-hydrogen) atoms. The molecule has 3 nitrogen and oxygen atoms in total. The highest BCUT2D eigenvalue weighted by Gasteiger charge is 2.33. The van der Waals surface area contributed by atoms with E-state index < -0.39 is 0 Å². The lowest BCUT2D eigenvalue weighted by atomic mass is 10.2. The fraction of sp³-hybridized carbons (Fsp3) is 0.583. The second-order valence-corrected chi connectivity index (χ2v) is 4.53. The van der Waals surface area contributed by atoms with Gasteiger partial charge in [-0.2, -0.15) is 0 Å². The largest absolute Gasteiger partial charge is 0.452 e. The van der Waals surface area contributed by atoms with Crippen LogP contribution < -0.4 is 0 Å². The van der Waals surface area contributed by atoms with Gasteiger partial charge in [0, 0.05) is 12.6 Å². The van der Waals surface area contributed by atoms with Crippen LogP contribution in [0.15, 0.2) is 16.7 Å². The number of amides is 1. The van der Waals surface area contributed by atoms with E-state index in [1.165, 1.54) is 6.26 Å². The summed E-state index contributed by atoms with van der Waals surface area (Å²) in [4.78, 5) is 14.1. The van der Waals surface area contributed by atoms with Gasteiger partial charge in [-0.05, 0) is 36.9 Å². The third-order valence-corrected chi connectivity index (χ3v) is 3.14. The van der Waals surface area contributed by atoms with Crippen molar-refractivity contribution in [3.63, 3.8) is 0 Å². The molecule has 1 heterocycles. The van der Waals surface area contributed by atoms with E-state index in [-0.39, 0.29) is 11.1 Å². The van der Waals surface area contributed by atoms with Crippen molar-refractivity contribution in [2.75, 3.05) is 6.54 Å². The summed E-state index contributed by atoms with van der Waals surface area (Å²) in [7, 11) is 0. The summed E-state index contributed by atoms with van der Waals surface area (Å²) in [5.74, 6) is 0.00898. The summed E-state index contributed by atoms with van der Waals surface area (Å²) in [6, 6.07) is 2.07. The van der Waals surface area contributed by atoms with Gasteiger partial charge < -0.3 is 9.32 Å². The number of carbonyl (C=O) groups excluding carboxylic acids is 1. The smallest absolute Gasteiger partial charge is 0.258 e. The summed E-state index contributed by atoms with van der Waals surface area (Å²) < 4.78 is 4.96. The van der Waals surface area contributed by atoms with E-state index in [4.69, 9.17) is 16.0 Å². The van der Waals surface area contributed by atoms with Crippen LogP contribution in [0.25, 0.3) is 0 Å². The quantitative estimate of drug-likeness (QED) is 0.792. The van der Waals surface area contributed by atoms with Crippen LogP contribution in [-0.4, -0.2) is 23.4 Å². The summed E-state index contributed by atoms with van der Waals surface area (Å²) in [6.45, 7) is 2.95. The Labute approximate surface area is 100 Å². The predicted molar refractivity (Wildman–Crippen MR) is 62.7 cm³/mol. The van der Waals surface area contributed by atoms with E-state index in [1.807, 2.05) is 4.90 Å². The minimum atomic E-state index is 0.00898. The first-order valence-corrected chi connectivity index (χ1v) is 6.15. The van der Waals surface area contributed by atoms with Gasteiger partial charge in [-0.15, -0.1) is 0 Å². The van der Waals surface area contributed by atoms with E-state index in [2.05, 4.69) is 6.92 Å². The minimum absolute atomic E-state index is 0.00898. The minimum Gasteiger partial charge on any atom is -0.452 e. The molecule has 0 saturated heterocycles. The summed E-state index contributed by atoms with van der Waals surface area (Å²) in [5.41, 5.74) is 0.490. The molecule has 0 unspecified atom stereocenters. The molecule has 1 aliphatic rings. The molecule has 0 bridgehead atoms. The fourth-order valence-corrected chi connectivity index (χ4v) is 1.96. The molecule has 1 aromatic heterocycles. The van der Waals surface area contributed by atoms with Crippen molar-refractivity contribution in [1.29, 1.82) is 0 Å². The molecule has 0 aromatic carbocycles. The Morgan fingerprint density at radius 2 is 2.38 bits per heavy atom. The van der Waals surface area contributed by atoms with Crippen molar-refractivity contribution in [2.45, 2.75) is 38.6 Å². The van der Waals surface area contributed by atoms with Gasteiger partial charge in [0.2, 0.25) is 5.22 Å². The zero-order valence-corrected chi connectivity index (χ0v) is 10.2. The van der Waals surface area contributed by atoms with Gasteiger partial charge in [-0.3, -0.25) is 4.79 Å². The van der Waals surface area contributed by atoms with Crippen LogP contribution in [0.4, 0.5) is 0 Å². The van der Waals surface area contributed by atoms with Gasteiger partial charge in [0.05, 0.1) is 11.8 Å². The maximum Gasteiger partial charge on any atom is 0.258 e. The molecule has 1 aliphatic carbocycles. The molecule has 2 rings (SSSR count). The third-order valence-electron chi connectivity index (χ3n) is 2.85. The first-order chi connectivity index (χ1) is 7.74. The first kappa shape index (κ1) is 11.5. The first-order valence-electron chi connectivity index (χ1n) is 5.78. The summed E-state index contributed by atoms with van der Waals surface area (Å²) >= 11 is 5.82. The Balaban J connectivity index is 2.08. The van der Waals surface area contributed by atoms with Crippen LogP contribution in [0.1, 0.15) is 43.0 Å². The van der Waals surface area contributed by atoms with E-state index in [1.54, 1.807) is 6.07 Å². The monoisotopic (exact) mass is 241 g/mol. The van der Waals surface area contributed by atoms with Gasteiger partial charge in [0.25, 0.3) is 5.91 Å². The van der Waals surface area contributed by atoms with Crippen LogP contribution in [0.3, 0.4) is 0 Å². The van der Waals surface area contributed by atoms with Gasteiger partial charge in [-0.25, -0.2) is 0 Å². The molecular formula is C12H16ClNO2. The molecule has 0 radical (unpaired) electrons. The lowest BCUT2D eigenvalue weighted by Crippen LogP contribution is -2.33. The van der Waals surface area contributed by atoms with Crippen molar-refractivity contribution >= 4 is 17.5 Å². The molecule has 0 spiro atoms. The Morgan fingerprint density at radius 3 is 2.88 bits per heavy atom. The number of carbonyl (C=O) groups is 1. The van der Waals surface area contributed by atoms with Crippen LogP contribution in [0.5, 0.6) is 0 Å². The number of hydrogen-bond acceptors (Lipinski definition) is 2. The van der Waals surface area contributed by atoms with Gasteiger partial charge in [-0.1, -0.05) is 13.3 Å². The molecule has 1 amide bonds. The highest BCUT2D eigenvalue weighted by Crippen LogP contribution is 2.30. The van der Waals surface area contributed by atoms with Gasteiger partial charge in [0.1, 0.15) is 0 Å². The van der Waals surface area contributed by atoms with Gasteiger partial charge in [0.15, 0.2) is 0 Å². The molecule has 4 heteroatoms. The fourth-order valence-electron chi connectivity index (χ4n) is 1.77. The zero-order chi connectivity index (χ0) is 11.5. The maximum atomic E-state index is 12.2. The van der Waals surface area contributed by atoms with Crippen LogP contribution >= 0.6 is 11.6 Å². The van der Waals surface area contributed by atoms with E-state index in [0.29, 0.717) is 11.6 Å². The molecule has 0 aliphatic heterocycles. The SMILES string of the molecule is CCCCN(C(=O)c1ccoc1Cl)C1CC1. The number of unbranched alkanes of at least 4 members (excludes halogenated alkanes) is 1. The lowest BCUT2D eigenvalue weighted by molar-refractivity contribution is 0.0740. The number of rotatable bonds is 5. The number of hydrogen-bond donors (Lipinski definition) is 0. The van der Waals surface area contributed by atoms with Crippen molar-refractivity contribution in [3.05, 3.63) is 23.1 Å². The molecule has 1 aromatic rings. The van der Waals surface area contributed by atoms with Crippen LogP contribution in [0.2, 0.25) is 5.22 Å². The second kappa shape index (κ2) is 4.91. The van der Waals surface area contributed by atoms with Crippen molar-refractivity contribution in [1.82, 2.24) is 4.90 Å². The van der Waals surface area contributed by atoms with Gasteiger partial charge >= 0.3 is 0 Å². The zero-order valence-electron chi connectivity index (χ0n) is 9.41. The number of halogens is 1. The predicted octanol–water partition coefficient (Wildman–Crippen LogP) is 3.34. The summed E-state index contributed by atoms with van der Waals surface area (Å²) in [6.07, 6.45) is 5.82. The van der Waals surface area contributed by atoms with Crippen molar-refractivity contribution in [3.8, 4) is 0 Å². The highest BCUT2D eigenvalue weighted by molar-refractivity contribution is 6.32. The van der Waals surface area contributed by atoms with E-state index >= 15 is 0 Å². The van der Waals surface area contributed by atoms with Crippen LogP contribution in [0, 0.1) is 0 Å². The van der Waals surface area contributed by atoms with Crippen molar-refractivity contribution in [2.24, 2.45) is 0 Å². The number of furan rings is 1. The Morgan fingerprint density at radius 1 is 1.62 bits per heavy atom. The summed E-state index contributed by atoms with van der Waals surface area (Å²) in [5, 5.41) is 0.201. The molecule has 1 fully saturated rings. The van der Waals surface area contributed by atoms with E-state index in [9.17, 15) is 4.79 Å².